The van der Waals surface area contributed by atoms with E-state index in [2.05, 4.69) is 15.5 Å². The maximum absolute atomic E-state index is 5.58. The van der Waals surface area contributed by atoms with Gasteiger partial charge >= 0.3 is 0 Å². The van der Waals surface area contributed by atoms with Crippen LogP contribution in [0.1, 0.15) is 12.7 Å². The molecule has 0 unspecified atom stereocenters. The average molecular weight is 191 g/mol. The second kappa shape index (κ2) is 5.05. The maximum atomic E-state index is 5.58. The molecule has 12 heavy (non-hydrogen) atoms. The molecule has 1 rings (SSSR count). The smallest absolute Gasteiger partial charge is 0.166 e. The van der Waals surface area contributed by atoms with Crippen molar-refractivity contribution in [1.29, 1.82) is 0 Å². The summed E-state index contributed by atoms with van der Waals surface area (Å²) in [4.78, 5) is 0. The Kier molecular flexibility index (Phi) is 3.96. The Labute approximate surface area is 75.7 Å². The minimum Gasteiger partial charge on any atom is -0.380 e. The third-order valence-corrected chi connectivity index (χ3v) is 1.62. The van der Waals surface area contributed by atoms with Gasteiger partial charge in [-0.1, -0.05) is 0 Å². The van der Waals surface area contributed by atoms with Gasteiger partial charge in [0.15, 0.2) is 5.82 Å². The number of aromatic nitrogens is 4. The zero-order valence-corrected chi connectivity index (χ0v) is 7.66. The van der Waals surface area contributed by atoms with Crippen LogP contribution in [0, 0.1) is 0 Å². The Morgan fingerprint density at radius 2 is 2.42 bits per heavy atom. The van der Waals surface area contributed by atoms with Crippen molar-refractivity contribution in [2.75, 3.05) is 13.2 Å². The molecule has 0 aromatic carbocycles. The third-order valence-electron chi connectivity index (χ3n) is 1.38. The first-order valence-electron chi connectivity index (χ1n) is 3.77. The number of tetrazole rings is 1. The number of ether oxygens (including phenoxy) is 1. The predicted molar refractivity (Wildman–Crippen MR) is 43.9 cm³/mol. The van der Waals surface area contributed by atoms with Gasteiger partial charge in [-0.05, 0) is 17.4 Å². The van der Waals surface area contributed by atoms with Crippen molar-refractivity contribution in [2.45, 2.75) is 19.3 Å². The van der Waals surface area contributed by atoms with Crippen LogP contribution in [-0.2, 0) is 17.2 Å². The third kappa shape index (κ3) is 2.42. The van der Waals surface area contributed by atoms with Crippen molar-refractivity contribution in [3.05, 3.63) is 5.82 Å². The monoisotopic (exact) mass is 190 g/mol. The fraction of sp³-hybridized carbons (Fsp3) is 0.833. The lowest BCUT2D eigenvalue weighted by Gasteiger charge is -2.01. The van der Waals surface area contributed by atoms with E-state index in [0.717, 1.165) is 0 Å². The van der Waals surface area contributed by atoms with Crippen LogP contribution in [-0.4, -0.2) is 33.4 Å². The molecule has 1 aromatic heterocycles. The maximum Gasteiger partial charge on any atom is 0.166 e. The van der Waals surface area contributed by atoms with Crippen LogP contribution < -0.4 is 0 Å². The number of nitrogens with zero attached hydrogens (tertiary/aromatic N) is 4. The van der Waals surface area contributed by atoms with Gasteiger partial charge in [-0.3, -0.25) is 0 Å². The van der Waals surface area contributed by atoms with Crippen LogP contribution >= 0.6 is 11.6 Å². The van der Waals surface area contributed by atoms with E-state index in [4.69, 9.17) is 16.3 Å². The van der Waals surface area contributed by atoms with Crippen molar-refractivity contribution in [3.8, 4) is 0 Å². The van der Waals surface area contributed by atoms with Gasteiger partial charge in [-0.2, -0.15) is 0 Å². The van der Waals surface area contributed by atoms with E-state index in [1.54, 1.807) is 4.68 Å². The molecule has 0 saturated heterocycles. The molecule has 5 nitrogen and oxygen atoms in total. The Morgan fingerprint density at radius 3 is 3.08 bits per heavy atom. The summed E-state index contributed by atoms with van der Waals surface area (Å²) in [6.07, 6.45) is 0. The van der Waals surface area contributed by atoms with Crippen LogP contribution in [0.3, 0.4) is 0 Å². The van der Waals surface area contributed by atoms with Crippen molar-refractivity contribution in [2.24, 2.45) is 0 Å². The van der Waals surface area contributed by atoms with Crippen molar-refractivity contribution < 1.29 is 4.74 Å². The van der Waals surface area contributed by atoms with Crippen LogP contribution in [0.25, 0.3) is 0 Å². The van der Waals surface area contributed by atoms with E-state index >= 15 is 0 Å². The first-order chi connectivity index (χ1) is 5.88. The first kappa shape index (κ1) is 9.41. The Morgan fingerprint density at radius 1 is 1.58 bits per heavy atom. The molecule has 0 N–H and O–H groups in total. The second-order valence-corrected chi connectivity index (χ2v) is 2.42. The highest BCUT2D eigenvalue weighted by Gasteiger charge is 2.02. The molecule has 6 heteroatoms. The summed E-state index contributed by atoms with van der Waals surface area (Å²) in [6, 6.07) is 0. The molecule has 0 aliphatic heterocycles. The van der Waals surface area contributed by atoms with Crippen LogP contribution in [0.15, 0.2) is 0 Å². The second-order valence-electron chi connectivity index (χ2n) is 2.15. The average Bonchev–Trinajstić information content (AvgIpc) is 2.52. The highest BCUT2D eigenvalue weighted by molar-refractivity contribution is 6.16. The fourth-order valence-electron chi connectivity index (χ4n) is 0.788. The summed E-state index contributed by atoms with van der Waals surface area (Å²) in [5, 5.41) is 11.0. The van der Waals surface area contributed by atoms with Gasteiger partial charge in [0.25, 0.3) is 0 Å². The summed E-state index contributed by atoms with van der Waals surface area (Å²) >= 11 is 5.58. The normalized spacial score (nSPS) is 10.5. The van der Waals surface area contributed by atoms with E-state index in [9.17, 15) is 0 Å². The summed E-state index contributed by atoms with van der Waals surface area (Å²) in [6.45, 7) is 3.93. The molecule has 0 bridgehead atoms. The molecule has 1 aromatic rings. The first-order valence-corrected chi connectivity index (χ1v) is 4.30. The van der Waals surface area contributed by atoms with E-state index in [0.29, 0.717) is 31.5 Å². The molecule has 1 heterocycles. The highest BCUT2D eigenvalue weighted by atomic mass is 35.5. The molecule has 0 aliphatic carbocycles. The fourth-order valence-corrected chi connectivity index (χ4v) is 0.979. The number of alkyl halides is 1. The summed E-state index contributed by atoms with van der Waals surface area (Å²) in [5.74, 6) is 1.01. The van der Waals surface area contributed by atoms with Crippen LogP contribution in [0.4, 0.5) is 0 Å². The van der Waals surface area contributed by atoms with Crippen LogP contribution in [0.5, 0.6) is 0 Å². The zero-order chi connectivity index (χ0) is 8.81. The molecule has 0 fully saturated rings. The van der Waals surface area contributed by atoms with Crippen LogP contribution in [0.2, 0.25) is 0 Å². The molecule has 0 aliphatic rings. The molecule has 0 atom stereocenters. The van der Waals surface area contributed by atoms with Crippen molar-refractivity contribution >= 4 is 11.6 Å². The topological polar surface area (TPSA) is 52.8 Å². The van der Waals surface area contributed by atoms with Crippen molar-refractivity contribution in [1.82, 2.24) is 20.2 Å². The van der Waals surface area contributed by atoms with Gasteiger partial charge in [0.2, 0.25) is 0 Å². The molecule has 0 spiro atoms. The lowest BCUT2D eigenvalue weighted by Crippen LogP contribution is -2.10. The molecule has 0 radical (unpaired) electrons. The SMILES string of the molecule is CCOCCn1nnnc1CCl. The number of halogens is 1. The Bertz CT molecular complexity index is 227. The van der Waals surface area contributed by atoms with Gasteiger partial charge in [-0.15, -0.1) is 16.7 Å². The minimum atomic E-state index is 0.332. The standard InChI is InChI=1S/C6H11ClN4O/c1-2-12-4-3-11-6(5-7)8-9-10-11/h2-5H2,1H3. The van der Waals surface area contributed by atoms with E-state index in [1.807, 2.05) is 6.92 Å². The van der Waals surface area contributed by atoms with Gasteiger partial charge in [0, 0.05) is 6.61 Å². The number of hydrogen-bond acceptors (Lipinski definition) is 4. The quantitative estimate of drug-likeness (QED) is 0.500. The molecule has 0 saturated carbocycles. The molecule has 0 amide bonds. The molecule has 68 valence electrons. The summed E-state index contributed by atoms with van der Waals surface area (Å²) in [5.41, 5.74) is 0. The van der Waals surface area contributed by atoms with Gasteiger partial charge < -0.3 is 4.74 Å². The van der Waals surface area contributed by atoms with E-state index in [1.165, 1.54) is 0 Å². The van der Waals surface area contributed by atoms with E-state index < -0.39 is 0 Å². The van der Waals surface area contributed by atoms with Gasteiger partial charge in [-0.25, -0.2) is 4.68 Å². The van der Waals surface area contributed by atoms with E-state index in [-0.39, 0.29) is 0 Å². The van der Waals surface area contributed by atoms with Gasteiger partial charge in [0.05, 0.1) is 19.0 Å². The minimum absolute atomic E-state index is 0.332. The lowest BCUT2D eigenvalue weighted by atomic mass is 10.6. The largest absolute Gasteiger partial charge is 0.380 e. The number of hydrogen-bond donors (Lipinski definition) is 0. The number of rotatable bonds is 5. The Hall–Kier alpha value is -0.680. The lowest BCUT2D eigenvalue weighted by molar-refractivity contribution is 0.135. The predicted octanol–water partition coefficient (Wildman–Crippen LogP) is 0.448. The van der Waals surface area contributed by atoms with Crippen molar-refractivity contribution in [3.63, 3.8) is 0 Å². The molecular formula is C6H11ClN4O. The summed E-state index contributed by atoms with van der Waals surface area (Å²) < 4.78 is 6.79. The zero-order valence-electron chi connectivity index (χ0n) is 6.90. The highest BCUT2D eigenvalue weighted by Crippen LogP contribution is 1.96. The van der Waals surface area contributed by atoms with Gasteiger partial charge in [0.1, 0.15) is 0 Å². The summed E-state index contributed by atoms with van der Waals surface area (Å²) in [7, 11) is 0. The Balaban J connectivity index is 2.39. The molecular weight excluding hydrogens is 180 g/mol.